The molecule has 110 valence electrons. The largest absolute Gasteiger partial charge is 0.493 e. The Morgan fingerprint density at radius 3 is 2.70 bits per heavy atom. The molecule has 2 rings (SSSR count). The van der Waals surface area contributed by atoms with Gasteiger partial charge in [-0.2, -0.15) is 10.2 Å². The molecule has 0 radical (unpaired) electrons. The number of aryl methyl sites for hydroxylation is 1. The van der Waals surface area contributed by atoms with Gasteiger partial charge in [0.1, 0.15) is 11.8 Å². The van der Waals surface area contributed by atoms with Gasteiger partial charge in [-0.25, -0.2) is 0 Å². The van der Waals surface area contributed by atoms with Crippen molar-refractivity contribution in [1.82, 2.24) is 19.6 Å². The molecule has 2 aromatic rings. The van der Waals surface area contributed by atoms with Gasteiger partial charge < -0.3 is 9.84 Å². The van der Waals surface area contributed by atoms with Crippen LogP contribution >= 0.6 is 0 Å². The number of aromatic nitrogens is 4. The maximum absolute atomic E-state index is 10.7. The summed E-state index contributed by atoms with van der Waals surface area (Å²) in [6, 6.07) is 1.98. The van der Waals surface area contributed by atoms with Gasteiger partial charge in [0.15, 0.2) is 5.75 Å². The first kappa shape index (κ1) is 14.6. The number of hydrogen-bond acceptors (Lipinski definition) is 4. The standard InChI is InChI=1S/C14H22N4O2/c1-5-8-17-11(6-7-15-17)14(19)13-12(20-4)9-16-18(13)10(2)3/h6-7,9-10,14,19H,5,8H2,1-4H3. The van der Waals surface area contributed by atoms with Crippen LogP contribution in [0.1, 0.15) is 50.7 Å². The maximum Gasteiger partial charge on any atom is 0.163 e. The summed E-state index contributed by atoms with van der Waals surface area (Å²) in [5.41, 5.74) is 1.42. The maximum atomic E-state index is 10.7. The van der Waals surface area contributed by atoms with Gasteiger partial charge >= 0.3 is 0 Å². The molecule has 0 aliphatic carbocycles. The van der Waals surface area contributed by atoms with Crippen LogP contribution in [0.3, 0.4) is 0 Å². The highest BCUT2D eigenvalue weighted by molar-refractivity contribution is 5.32. The zero-order chi connectivity index (χ0) is 14.7. The highest BCUT2D eigenvalue weighted by atomic mass is 16.5. The molecule has 0 saturated heterocycles. The molecule has 0 fully saturated rings. The second-order valence-corrected chi connectivity index (χ2v) is 5.02. The summed E-state index contributed by atoms with van der Waals surface area (Å²) in [5.74, 6) is 0.593. The minimum Gasteiger partial charge on any atom is -0.493 e. The summed E-state index contributed by atoms with van der Waals surface area (Å²) in [6.45, 7) is 6.90. The van der Waals surface area contributed by atoms with Crippen molar-refractivity contribution in [3.8, 4) is 5.75 Å². The smallest absolute Gasteiger partial charge is 0.163 e. The molecule has 0 aliphatic heterocycles. The van der Waals surface area contributed by atoms with Crippen molar-refractivity contribution < 1.29 is 9.84 Å². The molecule has 2 aromatic heterocycles. The SMILES string of the molecule is CCCn1nccc1C(O)c1c(OC)cnn1C(C)C. The van der Waals surface area contributed by atoms with E-state index in [1.807, 2.05) is 24.6 Å². The van der Waals surface area contributed by atoms with Crippen LogP contribution in [0.25, 0.3) is 0 Å². The average Bonchev–Trinajstić information content (AvgIpc) is 3.04. The quantitative estimate of drug-likeness (QED) is 0.879. The monoisotopic (exact) mass is 278 g/mol. The third-order valence-corrected chi connectivity index (χ3v) is 3.23. The Labute approximate surface area is 119 Å². The zero-order valence-electron chi connectivity index (χ0n) is 12.4. The second kappa shape index (κ2) is 6.09. The Morgan fingerprint density at radius 1 is 1.35 bits per heavy atom. The fourth-order valence-electron chi connectivity index (χ4n) is 2.30. The Balaban J connectivity index is 2.44. The topological polar surface area (TPSA) is 65.1 Å². The van der Waals surface area contributed by atoms with Gasteiger partial charge in [0, 0.05) is 18.8 Å². The van der Waals surface area contributed by atoms with Crippen LogP contribution in [0.2, 0.25) is 0 Å². The van der Waals surface area contributed by atoms with Gasteiger partial charge in [-0.3, -0.25) is 9.36 Å². The third-order valence-electron chi connectivity index (χ3n) is 3.23. The van der Waals surface area contributed by atoms with E-state index in [0.29, 0.717) is 11.4 Å². The molecule has 0 aromatic carbocycles. The highest BCUT2D eigenvalue weighted by Gasteiger charge is 2.25. The number of hydrogen-bond donors (Lipinski definition) is 1. The highest BCUT2D eigenvalue weighted by Crippen LogP contribution is 2.31. The molecule has 6 nitrogen and oxygen atoms in total. The second-order valence-electron chi connectivity index (χ2n) is 5.02. The van der Waals surface area contributed by atoms with Crippen LogP contribution in [0, 0.1) is 0 Å². The van der Waals surface area contributed by atoms with Crippen molar-refractivity contribution in [1.29, 1.82) is 0 Å². The summed E-state index contributed by atoms with van der Waals surface area (Å²) < 4.78 is 8.93. The summed E-state index contributed by atoms with van der Waals surface area (Å²) >= 11 is 0. The predicted molar refractivity (Wildman–Crippen MR) is 75.7 cm³/mol. The number of ether oxygens (including phenoxy) is 1. The van der Waals surface area contributed by atoms with E-state index in [9.17, 15) is 5.11 Å². The number of methoxy groups -OCH3 is 1. The lowest BCUT2D eigenvalue weighted by Gasteiger charge is -2.18. The van der Waals surface area contributed by atoms with Crippen LogP contribution in [-0.4, -0.2) is 31.8 Å². The van der Waals surface area contributed by atoms with Gasteiger partial charge in [-0.05, 0) is 26.3 Å². The minimum atomic E-state index is -0.802. The van der Waals surface area contributed by atoms with E-state index < -0.39 is 6.10 Å². The van der Waals surface area contributed by atoms with E-state index >= 15 is 0 Å². The molecule has 1 atom stereocenters. The lowest BCUT2D eigenvalue weighted by Crippen LogP contribution is -2.16. The Kier molecular flexibility index (Phi) is 4.44. The first-order valence-electron chi connectivity index (χ1n) is 6.91. The molecule has 1 N–H and O–H groups in total. The molecule has 0 saturated carbocycles. The molecule has 0 spiro atoms. The number of nitrogens with zero attached hydrogens (tertiary/aromatic N) is 4. The summed E-state index contributed by atoms with van der Waals surface area (Å²) in [7, 11) is 1.58. The Morgan fingerprint density at radius 2 is 2.10 bits per heavy atom. The minimum absolute atomic E-state index is 0.145. The van der Waals surface area contributed by atoms with E-state index in [4.69, 9.17) is 4.74 Å². The van der Waals surface area contributed by atoms with Crippen LogP contribution in [0.4, 0.5) is 0 Å². The number of aliphatic hydroxyl groups excluding tert-OH is 1. The first-order chi connectivity index (χ1) is 9.60. The van der Waals surface area contributed by atoms with E-state index in [0.717, 1.165) is 18.7 Å². The fraction of sp³-hybridized carbons (Fsp3) is 0.571. The van der Waals surface area contributed by atoms with Gasteiger partial charge in [0.2, 0.25) is 0 Å². The molecular formula is C14H22N4O2. The van der Waals surface area contributed by atoms with Gasteiger partial charge in [0.05, 0.1) is 19.0 Å². The molecule has 0 bridgehead atoms. The van der Waals surface area contributed by atoms with Crippen molar-refractivity contribution in [2.24, 2.45) is 0 Å². The van der Waals surface area contributed by atoms with Crippen molar-refractivity contribution in [3.63, 3.8) is 0 Å². The molecular weight excluding hydrogens is 256 g/mol. The summed E-state index contributed by atoms with van der Waals surface area (Å²) in [4.78, 5) is 0. The van der Waals surface area contributed by atoms with E-state index in [2.05, 4.69) is 17.1 Å². The molecule has 0 aliphatic rings. The first-order valence-corrected chi connectivity index (χ1v) is 6.91. The Bertz CT molecular complexity index is 559. The van der Waals surface area contributed by atoms with Crippen LogP contribution in [0.5, 0.6) is 5.75 Å². The number of aliphatic hydroxyl groups is 1. The third kappa shape index (κ3) is 2.56. The summed E-state index contributed by atoms with van der Waals surface area (Å²) in [5, 5.41) is 19.3. The van der Waals surface area contributed by atoms with Gasteiger partial charge in [-0.1, -0.05) is 6.92 Å². The lowest BCUT2D eigenvalue weighted by atomic mass is 10.1. The molecule has 20 heavy (non-hydrogen) atoms. The van der Waals surface area contributed by atoms with Crippen molar-refractivity contribution in [3.05, 3.63) is 29.8 Å². The fourth-order valence-corrected chi connectivity index (χ4v) is 2.30. The van der Waals surface area contributed by atoms with Gasteiger partial charge in [0.25, 0.3) is 0 Å². The predicted octanol–water partition coefficient (Wildman–Crippen LogP) is 2.16. The van der Waals surface area contributed by atoms with Crippen molar-refractivity contribution in [2.75, 3.05) is 7.11 Å². The zero-order valence-corrected chi connectivity index (χ0v) is 12.4. The van der Waals surface area contributed by atoms with Gasteiger partial charge in [-0.15, -0.1) is 0 Å². The molecule has 0 amide bonds. The van der Waals surface area contributed by atoms with E-state index in [-0.39, 0.29) is 6.04 Å². The summed E-state index contributed by atoms with van der Waals surface area (Å²) in [6.07, 6.45) is 3.50. The number of rotatable bonds is 6. The van der Waals surface area contributed by atoms with Crippen LogP contribution in [-0.2, 0) is 6.54 Å². The van der Waals surface area contributed by atoms with Crippen LogP contribution in [0.15, 0.2) is 18.5 Å². The van der Waals surface area contributed by atoms with Crippen molar-refractivity contribution in [2.45, 2.75) is 45.9 Å². The van der Waals surface area contributed by atoms with Crippen LogP contribution < -0.4 is 4.74 Å². The van der Waals surface area contributed by atoms with E-state index in [1.54, 1.807) is 24.2 Å². The molecule has 6 heteroatoms. The average molecular weight is 278 g/mol. The van der Waals surface area contributed by atoms with Crippen molar-refractivity contribution >= 4 is 0 Å². The molecule has 2 heterocycles. The Hall–Kier alpha value is -1.82. The normalized spacial score (nSPS) is 12.9. The molecule has 1 unspecified atom stereocenters. The van der Waals surface area contributed by atoms with E-state index in [1.165, 1.54) is 0 Å². The lowest BCUT2D eigenvalue weighted by molar-refractivity contribution is 0.188.